The van der Waals surface area contributed by atoms with Gasteiger partial charge in [0.25, 0.3) is 0 Å². The van der Waals surface area contributed by atoms with Crippen LogP contribution in [-0.2, 0) is 9.59 Å². The number of pyridine rings is 1. The number of carbonyl (C=O) groups excluding carboxylic acids is 2. The van der Waals surface area contributed by atoms with E-state index in [4.69, 9.17) is 0 Å². The first kappa shape index (κ1) is 15.4. The van der Waals surface area contributed by atoms with Gasteiger partial charge < -0.3 is 5.32 Å². The fourth-order valence-electron chi connectivity index (χ4n) is 1.90. The maximum Gasteiger partial charge on any atom is 0.329 e. The van der Waals surface area contributed by atoms with Gasteiger partial charge in [0, 0.05) is 23.6 Å². The van der Waals surface area contributed by atoms with Gasteiger partial charge in [-0.2, -0.15) is 5.10 Å². The van der Waals surface area contributed by atoms with Crippen molar-refractivity contribution in [3.8, 4) is 0 Å². The topological polar surface area (TPSA) is 83.5 Å². The van der Waals surface area contributed by atoms with Gasteiger partial charge in [0.15, 0.2) is 0 Å². The van der Waals surface area contributed by atoms with Crippen LogP contribution in [0.4, 0.5) is 5.69 Å². The summed E-state index contributed by atoms with van der Waals surface area (Å²) in [6, 6.07) is 9.08. The van der Waals surface area contributed by atoms with Crippen LogP contribution in [0.1, 0.15) is 16.7 Å². The molecule has 0 unspecified atom stereocenters. The second-order valence-corrected chi connectivity index (χ2v) is 4.82. The van der Waals surface area contributed by atoms with Crippen LogP contribution in [0.15, 0.2) is 47.8 Å². The van der Waals surface area contributed by atoms with Crippen molar-refractivity contribution in [1.29, 1.82) is 0 Å². The quantitative estimate of drug-likeness (QED) is 0.514. The van der Waals surface area contributed by atoms with Crippen molar-refractivity contribution in [2.45, 2.75) is 13.8 Å². The molecule has 2 amide bonds. The molecule has 0 aliphatic heterocycles. The third-order valence-corrected chi connectivity index (χ3v) is 2.75. The number of hydrazone groups is 1. The molecular weight excluding hydrogens is 280 g/mol. The van der Waals surface area contributed by atoms with Crippen molar-refractivity contribution < 1.29 is 9.59 Å². The van der Waals surface area contributed by atoms with Crippen molar-refractivity contribution in [3.05, 3.63) is 59.4 Å². The number of rotatable bonds is 3. The van der Waals surface area contributed by atoms with E-state index in [1.165, 1.54) is 6.21 Å². The molecule has 6 nitrogen and oxygen atoms in total. The number of hydrogen-bond donors (Lipinski definition) is 2. The van der Waals surface area contributed by atoms with Crippen LogP contribution in [0.5, 0.6) is 0 Å². The number of benzene rings is 1. The second kappa shape index (κ2) is 7.12. The highest BCUT2D eigenvalue weighted by Crippen LogP contribution is 2.13. The van der Waals surface area contributed by atoms with Gasteiger partial charge in [0.1, 0.15) is 0 Å². The van der Waals surface area contributed by atoms with Gasteiger partial charge in [-0.3, -0.25) is 14.6 Å². The monoisotopic (exact) mass is 296 g/mol. The molecule has 2 N–H and O–H groups in total. The molecule has 0 spiro atoms. The summed E-state index contributed by atoms with van der Waals surface area (Å²) in [6.07, 6.45) is 4.63. The largest absolute Gasteiger partial charge is 0.329 e. The number of aryl methyl sites for hydroxylation is 2. The van der Waals surface area contributed by atoms with Crippen LogP contribution in [-0.4, -0.2) is 23.0 Å². The molecule has 0 radical (unpaired) electrons. The molecule has 0 saturated heterocycles. The van der Waals surface area contributed by atoms with E-state index in [1.54, 1.807) is 36.7 Å². The molecule has 0 aliphatic carbocycles. The molecule has 1 heterocycles. The normalized spacial score (nSPS) is 10.5. The molecule has 6 heteroatoms. The molecule has 1 aromatic heterocycles. The highest BCUT2D eigenvalue weighted by Gasteiger charge is 2.13. The zero-order valence-electron chi connectivity index (χ0n) is 12.3. The summed E-state index contributed by atoms with van der Waals surface area (Å²) in [4.78, 5) is 27.3. The smallest absolute Gasteiger partial charge is 0.318 e. The van der Waals surface area contributed by atoms with E-state index in [2.05, 4.69) is 20.8 Å². The molecule has 0 fully saturated rings. The summed E-state index contributed by atoms with van der Waals surface area (Å²) in [5.74, 6) is -1.60. The number of nitrogens with one attached hydrogen (secondary N) is 2. The molecule has 1 aromatic carbocycles. The minimum Gasteiger partial charge on any atom is -0.318 e. The number of anilines is 1. The van der Waals surface area contributed by atoms with Crippen molar-refractivity contribution in [2.24, 2.45) is 5.10 Å². The predicted molar refractivity (Wildman–Crippen MR) is 84.5 cm³/mol. The average Bonchev–Trinajstić information content (AvgIpc) is 2.47. The van der Waals surface area contributed by atoms with E-state index in [0.717, 1.165) is 16.7 Å². The van der Waals surface area contributed by atoms with Gasteiger partial charge in [0.2, 0.25) is 0 Å². The first-order valence-electron chi connectivity index (χ1n) is 6.67. The molecule has 0 bridgehead atoms. The highest BCUT2D eigenvalue weighted by atomic mass is 16.2. The Morgan fingerprint density at radius 3 is 2.50 bits per heavy atom. The van der Waals surface area contributed by atoms with Crippen molar-refractivity contribution in [2.75, 3.05) is 5.32 Å². The van der Waals surface area contributed by atoms with Crippen LogP contribution in [0, 0.1) is 13.8 Å². The Balaban J connectivity index is 1.92. The first-order valence-corrected chi connectivity index (χ1v) is 6.67. The Bertz CT molecular complexity index is 691. The lowest BCUT2D eigenvalue weighted by Gasteiger charge is -2.06. The Morgan fingerprint density at radius 1 is 1.14 bits per heavy atom. The summed E-state index contributed by atoms with van der Waals surface area (Å²) in [7, 11) is 0. The second-order valence-electron chi connectivity index (χ2n) is 4.82. The summed E-state index contributed by atoms with van der Waals surface area (Å²) < 4.78 is 0. The van der Waals surface area contributed by atoms with Crippen molar-refractivity contribution in [1.82, 2.24) is 10.4 Å². The Labute approximate surface area is 128 Å². The summed E-state index contributed by atoms with van der Waals surface area (Å²) >= 11 is 0. The van der Waals surface area contributed by atoms with Gasteiger partial charge in [-0.05, 0) is 43.2 Å². The van der Waals surface area contributed by atoms with Crippen LogP contribution < -0.4 is 10.7 Å². The Hall–Kier alpha value is -3.02. The molecule has 112 valence electrons. The number of nitrogens with zero attached hydrogens (tertiary/aromatic N) is 2. The first-order chi connectivity index (χ1) is 10.5. The number of hydrogen-bond acceptors (Lipinski definition) is 4. The lowest BCUT2D eigenvalue weighted by molar-refractivity contribution is -0.136. The lowest BCUT2D eigenvalue weighted by Crippen LogP contribution is -2.32. The van der Waals surface area contributed by atoms with E-state index in [0.29, 0.717) is 5.69 Å². The van der Waals surface area contributed by atoms with Crippen molar-refractivity contribution in [3.63, 3.8) is 0 Å². The summed E-state index contributed by atoms with van der Waals surface area (Å²) in [6.45, 7) is 3.84. The molecule has 22 heavy (non-hydrogen) atoms. The van der Waals surface area contributed by atoms with Gasteiger partial charge in [-0.25, -0.2) is 5.43 Å². The fourth-order valence-corrected chi connectivity index (χ4v) is 1.90. The number of carbonyl (C=O) groups is 2. The van der Waals surface area contributed by atoms with Gasteiger partial charge >= 0.3 is 11.8 Å². The zero-order valence-corrected chi connectivity index (χ0v) is 12.3. The average molecular weight is 296 g/mol. The summed E-state index contributed by atoms with van der Waals surface area (Å²) in [5.41, 5.74) is 5.48. The van der Waals surface area contributed by atoms with Crippen LogP contribution in [0.25, 0.3) is 0 Å². The lowest BCUT2D eigenvalue weighted by atomic mass is 10.1. The van der Waals surface area contributed by atoms with Gasteiger partial charge in [-0.1, -0.05) is 12.1 Å². The van der Waals surface area contributed by atoms with E-state index < -0.39 is 11.8 Å². The zero-order chi connectivity index (χ0) is 15.9. The Kier molecular flexibility index (Phi) is 4.98. The third kappa shape index (κ3) is 4.52. The maximum atomic E-state index is 11.8. The van der Waals surface area contributed by atoms with Gasteiger partial charge in [-0.15, -0.1) is 0 Å². The van der Waals surface area contributed by atoms with E-state index in [9.17, 15) is 9.59 Å². The fraction of sp³-hybridized carbons (Fsp3) is 0.125. The van der Waals surface area contributed by atoms with Crippen LogP contribution in [0.3, 0.4) is 0 Å². The highest BCUT2D eigenvalue weighted by molar-refractivity contribution is 6.39. The van der Waals surface area contributed by atoms with E-state index in [-0.39, 0.29) is 0 Å². The molecular formula is C16H16N4O2. The molecule has 0 aliphatic rings. The summed E-state index contributed by atoms with van der Waals surface area (Å²) in [5, 5.41) is 6.25. The molecule has 2 rings (SSSR count). The number of aromatic nitrogens is 1. The third-order valence-electron chi connectivity index (χ3n) is 2.75. The van der Waals surface area contributed by atoms with Crippen LogP contribution >= 0.6 is 0 Å². The van der Waals surface area contributed by atoms with E-state index >= 15 is 0 Å². The molecule has 0 saturated carbocycles. The molecule has 2 aromatic rings. The minimum atomic E-state index is -0.834. The van der Waals surface area contributed by atoms with E-state index in [1.807, 2.05) is 19.9 Å². The van der Waals surface area contributed by atoms with Crippen molar-refractivity contribution >= 4 is 23.7 Å². The Morgan fingerprint density at radius 2 is 1.86 bits per heavy atom. The standard InChI is InChI=1S/C16H16N4O2/c1-11-6-12(2)8-14(7-11)19-15(21)16(22)20-18-10-13-4-3-5-17-9-13/h3-10H,1-2H3,(H,19,21)(H,20,22)/b18-10-. The maximum absolute atomic E-state index is 11.8. The van der Waals surface area contributed by atoms with Gasteiger partial charge in [0.05, 0.1) is 6.21 Å². The molecule has 0 atom stereocenters. The minimum absolute atomic E-state index is 0.578. The SMILES string of the molecule is Cc1cc(C)cc(NC(=O)C(=O)N/N=C\c2cccnc2)c1. The van der Waals surface area contributed by atoms with Crippen LogP contribution in [0.2, 0.25) is 0 Å². The predicted octanol–water partition coefficient (Wildman–Crippen LogP) is 1.79. The number of amides is 2.